The van der Waals surface area contributed by atoms with Crippen molar-refractivity contribution in [3.8, 4) is 0 Å². The Hall–Kier alpha value is -0.530. The molecule has 2 heteroatoms. The molecule has 0 saturated carbocycles. The molecule has 2 nitrogen and oxygen atoms in total. The first kappa shape index (κ1) is 13.5. The molecule has 0 saturated heterocycles. The first-order chi connectivity index (χ1) is 6.56. The van der Waals surface area contributed by atoms with Gasteiger partial charge >= 0.3 is 5.97 Å². The minimum absolute atomic E-state index is 0.481. The second kappa shape index (κ2) is 6.86. The molecule has 0 aliphatic heterocycles. The van der Waals surface area contributed by atoms with Crippen molar-refractivity contribution in [1.29, 1.82) is 0 Å². The van der Waals surface area contributed by atoms with E-state index in [2.05, 4.69) is 13.8 Å². The SMILES string of the molecule is CCCCCC(C)(CCCC)C(=O)O. The molecule has 0 heterocycles. The summed E-state index contributed by atoms with van der Waals surface area (Å²) in [6.45, 7) is 6.14. The van der Waals surface area contributed by atoms with Crippen LogP contribution in [0.15, 0.2) is 0 Å². The average Bonchev–Trinajstić information content (AvgIpc) is 2.15. The molecule has 0 rings (SSSR count). The molecule has 0 bridgehead atoms. The molecular formula is C12H24O2. The number of carboxylic acid groups (broad SMARTS) is 1. The third kappa shape index (κ3) is 4.64. The van der Waals surface area contributed by atoms with Crippen LogP contribution in [0.3, 0.4) is 0 Å². The smallest absolute Gasteiger partial charge is 0.309 e. The van der Waals surface area contributed by atoms with Crippen LogP contribution in [0.5, 0.6) is 0 Å². The van der Waals surface area contributed by atoms with Crippen molar-refractivity contribution in [2.24, 2.45) is 5.41 Å². The Labute approximate surface area is 87.7 Å². The van der Waals surface area contributed by atoms with Gasteiger partial charge in [-0.25, -0.2) is 0 Å². The van der Waals surface area contributed by atoms with Gasteiger partial charge in [-0.15, -0.1) is 0 Å². The van der Waals surface area contributed by atoms with Crippen molar-refractivity contribution in [2.75, 3.05) is 0 Å². The lowest BCUT2D eigenvalue weighted by Gasteiger charge is -2.24. The van der Waals surface area contributed by atoms with Gasteiger partial charge in [-0.05, 0) is 19.8 Å². The normalized spacial score (nSPS) is 15.1. The van der Waals surface area contributed by atoms with Crippen LogP contribution >= 0.6 is 0 Å². The molecule has 0 aliphatic carbocycles. The van der Waals surface area contributed by atoms with Crippen molar-refractivity contribution in [2.45, 2.75) is 65.7 Å². The standard InChI is InChI=1S/C12H24O2/c1-4-6-8-10-12(3,11(13)14)9-7-5-2/h4-10H2,1-3H3,(H,13,14). The van der Waals surface area contributed by atoms with Crippen LogP contribution in [-0.2, 0) is 4.79 Å². The molecule has 1 unspecified atom stereocenters. The van der Waals surface area contributed by atoms with Crippen LogP contribution in [0.2, 0.25) is 0 Å². The van der Waals surface area contributed by atoms with Gasteiger partial charge in [0, 0.05) is 0 Å². The lowest BCUT2D eigenvalue weighted by molar-refractivity contribution is -0.149. The predicted octanol–water partition coefficient (Wildman–Crippen LogP) is 3.85. The first-order valence-corrected chi connectivity index (χ1v) is 5.80. The van der Waals surface area contributed by atoms with Crippen LogP contribution in [0.25, 0.3) is 0 Å². The fourth-order valence-corrected chi connectivity index (χ4v) is 1.67. The van der Waals surface area contributed by atoms with Gasteiger partial charge in [0.1, 0.15) is 0 Å². The Bertz CT molecular complexity index is 166. The molecule has 0 aromatic heterocycles. The summed E-state index contributed by atoms with van der Waals surface area (Å²) in [7, 11) is 0. The van der Waals surface area contributed by atoms with Gasteiger partial charge in [-0.3, -0.25) is 4.79 Å². The molecule has 1 N–H and O–H groups in total. The summed E-state index contributed by atoms with van der Waals surface area (Å²) < 4.78 is 0. The second-order valence-corrected chi connectivity index (χ2v) is 4.43. The highest BCUT2D eigenvalue weighted by atomic mass is 16.4. The Balaban J connectivity index is 4.03. The molecular weight excluding hydrogens is 176 g/mol. The highest BCUT2D eigenvalue weighted by Crippen LogP contribution is 2.30. The van der Waals surface area contributed by atoms with Crippen LogP contribution in [-0.4, -0.2) is 11.1 Å². The molecule has 1 atom stereocenters. The summed E-state index contributed by atoms with van der Waals surface area (Å²) in [6.07, 6.45) is 7.10. The van der Waals surface area contributed by atoms with Crippen molar-refractivity contribution in [1.82, 2.24) is 0 Å². The van der Waals surface area contributed by atoms with E-state index in [0.717, 1.165) is 44.9 Å². The zero-order valence-electron chi connectivity index (χ0n) is 9.81. The molecule has 0 aromatic rings. The van der Waals surface area contributed by atoms with E-state index in [9.17, 15) is 4.79 Å². The van der Waals surface area contributed by atoms with E-state index < -0.39 is 11.4 Å². The van der Waals surface area contributed by atoms with Crippen LogP contribution in [0.4, 0.5) is 0 Å². The third-order valence-electron chi connectivity index (χ3n) is 2.93. The van der Waals surface area contributed by atoms with Gasteiger partial charge in [-0.1, -0.05) is 46.0 Å². The van der Waals surface area contributed by atoms with Crippen LogP contribution in [0.1, 0.15) is 65.7 Å². The van der Waals surface area contributed by atoms with Crippen LogP contribution < -0.4 is 0 Å². The van der Waals surface area contributed by atoms with E-state index in [0.29, 0.717) is 0 Å². The van der Waals surface area contributed by atoms with Crippen molar-refractivity contribution in [3.05, 3.63) is 0 Å². The van der Waals surface area contributed by atoms with Gasteiger partial charge in [0.2, 0.25) is 0 Å². The van der Waals surface area contributed by atoms with E-state index >= 15 is 0 Å². The summed E-state index contributed by atoms with van der Waals surface area (Å²) in [4.78, 5) is 11.1. The minimum Gasteiger partial charge on any atom is -0.481 e. The maximum atomic E-state index is 11.1. The van der Waals surface area contributed by atoms with Crippen LogP contribution in [0, 0.1) is 5.41 Å². The number of rotatable bonds is 8. The van der Waals surface area contributed by atoms with Crippen molar-refractivity contribution in [3.63, 3.8) is 0 Å². The number of aliphatic carboxylic acids is 1. The molecule has 0 aromatic carbocycles. The highest BCUT2D eigenvalue weighted by Gasteiger charge is 2.31. The predicted molar refractivity (Wildman–Crippen MR) is 59.4 cm³/mol. The number of carbonyl (C=O) groups is 1. The molecule has 0 amide bonds. The monoisotopic (exact) mass is 200 g/mol. The number of hydrogen-bond donors (Lipinski definition) is 1. The van der Waals surface area contributed by atoms with Gasteiger partial charge < -0.3 is 5.11 Å². The molecule has 0 spiro atoms. The molecule has 84 valence electrons. The molecule has 0 fully saturated rings. The topological polar surface area (TPSA) is 37.3 Å². The molecule has 0 aliphatic rings. The third-order valence-corrected chi connectivity index (χ3v) is 2.93. The number of unbranched alkanes of at least 4 members (excludes halogenated alkanes) is 3. The fourth-order valence-electron chi connectivity index (χ4n) is 1.67. The van der Waals surface area contributed by atoms with Gasteiger partial charge in [0.15, 0.2) is 0 Å². The highest BCUT2D eigenvalue weighted by molar-refractivity contribution is 5.73. The lowest BCUT2D eigenvalue weighted by Crippen LogP contribution is -2.27. The Morgan fingerprint density at radius 1 is 1.07 bits per heavy atom. The molecule has 14 heavy (non-hydrogen) atoms. The lowest BCUT2D eigenvalue weighted by atomic mass is 9.80. The van der Waals surface area contributed by atoms with E-state index in [1.54, 1.807) is 0 Å². The van der Waals surface area contributed by atoms with Crippen molar-refractivity contribution >= 4 is 5.97 Å². The van der Waals surface area contributed by atoms with E-state index in [1.165, 1.54) is 0 Å². The average molecular weight is 200 g/mol. The Kier molecular flexibility index (Phi) is 6.60. The Morgan fingerprint density at radius 2 is 1.57 bits per heavy atom. The van der Waals surface area contributed by atoms with Gasteiger partial charge in [0.25, 0.3) is 0 Å². The number of hydrogen-bond acceptors (Lipinski definition) is 1. The van der Waals surface area contributed by atoms with E-state index in [1.807, 2.05) is 6.92 Å². The summed E-state index contributed by atoms with van der Waals surface area (Å²) >= 11 is 0. The minimum atomic E-state index is -0.623. The largest absolute Gasteiger partial charge is 0.481 e. The zero-order valence-corrected chi connectivity index (χ0v) is 9.81. The second-order valence-electron chi connectivity index (χ2n) is 4.43. The maximum Gasteiger partial charge on any atom is 0.309 e. The quantitative estimate of drug-likeness (QED) is 0.604. The summed E-state index contributed by atoms with van der Waals surface area (Å²) in [5.41, 5.74) is -0.481. The van der Waals surface area contributed by atoms with E-state index in [4.69, 9.17) is 5.11 Å². The fraction of sp³-hybridized carbons (Fsp3) is 0.917. The first-order valence-electron chi connectivity index (χ1n) is 5.80. The maximum absolute atomic E-state index is 11.1. The van der Waals surface area contributed by atoms with Crippen molar-refractivity contribution < 1.29 is 9.90 Å². The zero-order chi connectivity index (χ0) is 11.0. The summed E-state index contributed by atoms with van der Waals surface area (Å²) in [6, 6.07) is 0. The Morgan fingerprint density at radius 3 is 2.00 bits per heavy atom. The van der Waals surface area contributed by atoms with E-state index in [-0.39, 0.29) is 0 Å². The van der Waals surface area contributed by atoms with Gasteiger partial charge in [0.05, 0.1) is 5.41 Å². The molecule has 0 radical (unpaired) electrons. The summed E-state index contributed by atoms with van der Waals surface area (Å²) in [5.74, 6) is -0.623. The number of carboxylic acids is 1. The van der Waals surface area contributed by atoms with Gasteiger partial charge in [-0.2, -0.15) is 0 Å². The summed E-state index contributed by atoms with van der Waals surface area (Å²) in [5, 5.41) is 9.16.